The first-order valence-corrected chi connectivity index (χ1v) is 15.3. The summed E-state index contributed by atoms with van der Waals surface area (Å²) in [6, 6.07) is 10.2. The number of rotatable bonds is 8. The number of carbonyl (C=O) groups is 1. The lowest BCUT2D eigenvalue weighted by atomic mass is 9.84. The number of aromatic nitrogens is 3. The fourth-order valence-electron chi connectivity index (χ4n) is 6.24. The smallest absolute Gasteiger partial charge is 0.228 e. The maximum Gasteiger partial charge on any atom is 0.228 e. The molecule has 206 valence electrons. The summed E-state index contributed by atoms with van der Waals surface area (Å²) in [5.74, 6) is 1.11. The second kappa shape index (κ2) is 9.40. The van der Waals surface area contributed by atoms with Crippen molar-refractivity contribution < 1.29 is 18.1 Å². The Morgan fingerprint density at radius 3 is 2.75 bits per heavy atom. The Kier molecular flexibility index (Phi) is 5.92. The normalized spacial score (nSPS) is 23.0. The van der Waals surface area contributed by atoms with E-state index in [1.54, 1.807) is 49.6 Å². The zero-order valence-corrected chi connectivity index (χ0v) is 22.9. The average molecular weight is 560 g/mol. The van der Waals surface area contributed by atoms with Crippen molar-refractivity contribution in [3.63, 3.8) is 0 Å². The van der Waals surface area contributed by atoms with Crippen molar-refractivity contribution in [1.29, 1.82) is 4.78 Å². The maximum atomic E-state index is 15.3. The molecule has 1 unspecified atom stereocenters. The van der Waals surface area contributed by atoms with E-state index in [0.717, 1.165) is 25.2 Å². The van der Waals surface area contributed by atoms with E-state index in [9.17, 15) is 9.00 Å². The highest BCUT2D eigenvalue weighted by Crippen LogP contribution is 2.54. The third kappa shape index (κ3) is 4.54. The Hall–Kier alpha value is -3.79. The molecule has 8 rings (SSSR count). The molecule has 4 aromatic rings. The van der Waals surface area contributed by atoms with Crippen LogP contribution in [0.25, 0.3) is 10.9 Å². The lowest BCUT2D eigenvalue weighted by Gasteiger charge is -2.24. The van der Waals surface area contributed by atoms with Crippen LogP contribution in [0.5, 0.6) is 11.5 Å². The first-order chi connectivity index (χ1) is 19.2. The summed E-state index contributed by atoms with van der Waals surface area (Å²) in [5.41, 5.74) is 2.32. The summed E-state index contributed by atoms with van der Waals surface area (Å²) in [5, 5.41) is 7.79. The van der Waals surface area contributed by atoms with Crippen molar-refractivity contribution in [3.8, 4) is 11.5 Å². The number of ether oxygens (including phenoxy) is 1. The van der Waals surface area contributed by atoms with Crippen LogP contribution in [0.1, 0.15) is 49.3 Å². The molecule has 4 fully saturated rings. The highest BCUT2D eigenvalue weighted by molar-refractivity contribution is 7.93. The molecule has 2 heterocycles. The van der Waals surface area contributed by atoms with Crippen LogP contribution < -0.4 is 10.1 Å². The van der Waals surface area contributed by atoms with Gasteiger partial charge in [0.25, 0.3) is 0 Å². The van der Waals surface area contributed by atoms with Crippen molar-refractivity contribution in [2.45, 2.75) is 61.6 Å². The zero-order chi connectivity index (χ0) is 27.6. The summed E-state index contributed by atoms with van der Waals surface area (Å²) >= 11 is 0. The monoisotopic (exact) mass is 559 g/mol. The van der Waals surface area contributed by atoms with Gasteiger partial charge in [-0.2, -0.15) is 5.10 Å². The predicted molar refractivity (Wildman–Crippen MR) is 150 cm³/mol. The van der Waals surface area contributed by atoms with Gasteiger partial charge in [-0.3, -0.25) is 14.5 Å². The molecule has 2 aromatic heterocycles. The Labute approximate surface area is 231 Å². The molecule has 8 nitrogen and oxygen atoms in total. The molecule has 0 saturated heterocycles. The number of hydrogen-bond donors (Lipinski definition) is 2. The summed E-state index contributed by atoms with van der Waals surface area (Å²) in [6.07, 6.45) is 10.4. The topological polar surface area (TPSA) is 110 Å². The van der Waals surface area contributed by atoms with Gasteiger partial charge in [0.1, 0.15) is 5.75 Å². The summed E-state index contributed by atoms with van der Waals surface area (Å²) in [6.45, 7) is 1.73. The zero-order valence-electron chi connectivity index (χ0n) is 22.1. The lowest BCUT2D eigenvalue weighted by Crippen LogP contribution is -2.17. The van der Waals surface area contributed by atoms with Crippen molar-refractivity contribution in [2.75, 3.05) is 5.32 Å². The van der Waals surface area contributed by atoms with Gasteiger partial charge in [-0.25, -0.2) is 13.4 Å². The minimum absolute atomic E-state index is 0.0118. The Morgan fingerprint density at radius 1 is 1.20 bits per heavy atom. The second-order valence-corrected chi connectivity index (χ2v) is 13.8. The third-order valence-corrected chi connectivity index (χ3v) is 10.9. The van der Waals surface area contributed by atoms with Gasteiger partial charge < -0.3 is 10.1 Å². The highest BCUT2D eigenvalue weighted by Gasteiger charge is 2.45. The van der Waals surface area contributed by atoms with E-state index < -0.39 is 15.5 Å². The van der Waals surface area contributed by atoms with Gasteiger partial charge >= 0.3 is 0 Å². The van der Waals surface area contributed by atoms with Crippen LogP contribution in [0.15, 0.2) is 59.9 Å². The van der Waals surface area contributed by atoms with Crippen LogP contribution in [-0.4, -0.2) is 30.1 Å². The molecule has 40 heavy (non-hydrogen) atoms. The molecule has 4 aliphatic rings. The summed E-state index contributed by atoms with van der Waals surface area (Å²) in [4.78, 5) is 17.5. The molecule has 0 aliphatic heterocycles. The van der Waals surface area contributed by atoms with Gasteiger partial charge in [0.05, 0.1) is 39.6 Å². The number of benzene rings is 2. The van der Waals surface area contributed by atoms with Crippen LogP contribution in [0, 0.1) is 29.4 Å². The quantitative estimate of drug-likeness (QED) is 0.260. The minimum atomic E-state index is -2.91. The van der Waals surface area contributed by atoms with Crippen molar-refractivity contribution >= 4 is 32.2 Å². The number of hydrogen-bond acceptors (Lipinski definition) is 6. The van der Waals surface area contributed by atoms with Gasteiger partial charge in [-0.1, -0.05) is 6.07 Å². The van der Waals surface area contributed by atoms with E-state index in [0.29, 0.717) is 50.3 Å². The number of amides is 1. The van der Waals surface area contributed by atoms with E-state index in [-0.39, 0.29) is 23.3 Å². The Bertz CT molecular complexity index is 1740. The number of carbonyl (C=O) groups excluding carboxylic acids is 1. The molecule has 0 spiro atoms. The number of fused-ring (bicyclic) bond motifs is 2. The Morgan fingerprint density at radius 2 is 2.02 bits per heavy atom. The molecule has 10 heteroatoms. The van der Waals surface area contributed by atoms with Crippen molar-refractivity contribution in [1.82, 2.24) is 14.8 Å². The largest absolute Gasteiger partial charge is 0.453 e. The van der Waals surface area contributed by atoms with E-state index in [2.05, 4.69) is 15.4 Å². The van der Waals surface area contributed by atoms with Gasteiger partial charge in [-0.05, 0) is 92.3 Å². The summed E-state index contributed by atoms with van der Waals surface area (Å²) < 4.78 is 44.7. The van der Waals surface area contributed by atoms with Crippen LogP contribution in [0.2, 0.25) is 0 Å². The fourth-order valence-corrected chi connectivity index (χ4v) is 7.99. The van der Waals surface area contributed by atoms with Crippen LogP contribution in [0.3, 0.4) is 0 Å². The van der Waals surface area contributed by atoms with E-state index in [4.69, 9.17) is 9.52 Å². The molecule has 2 bridgehead atoms. The summed E-state index contributed by atoms with van der Waals surface area (Å²) in [7, 11) is -2.91. The molecule has 0 radical (unpaired) electrons. The molecular formula is C30H30FN5O3S. The predicted octanol–water partition coefficient (Wildman–Crippen LogP) is 6.39. The van der Waals surface area contributed by atoms with Crippen molar-refractivity contribution in [3.05, 3.63) is 71.9 Å². The van der Waals surface area contributed by atoms with Crippen LogP contribution in [0.4, 0.5) is 10.1 Å². The average Bonchev–Trinajstić information content (AvgIpc) is 3.34. The lowest BCUT2D eigenvalue weighted by molar-refractivity contribution is -0.115. The number of anilines is 1. The number of halogens is 1. The molecule has 2 N–H and O–H groups in total. The number of pyridine rings is 1. The van der Waals surface area contributed by atoms with Crippen LogP contribution >= 0.6 is 0 Å². The first-order valence-electron chi connectivity index (χ1n) is 13.7. The SMILES string of the molecule is Cc1cc(CC(=O)Nc2cnn(C3CC4CC3C4)c2)cc(F)c1Oc1ccnc2ccc([S@](=N)(=O)C3CC3)cc12. The van der Waals surface area contributed by atoms with E-state index in [1.807, 2.05) is 10.9 Å². The standard InChI is InChI=1S/C30H30FN5O3S/c1-17-8-18(13-29(37)35-21-15-34-36(16-21)27-12-19-9-20(27)10-19)11-25(31)30(17)39-28-6-7-33-26-5-4-23(14-24(26)28)40(32,38)22-2-3-22/h4-8,11,14-16,19-20,22,27,32H,2-3,9-10,12-13H2,1H3,(H,35,37)/t19?,20?,27?,40-/m1/s1. The molecule has 2 atom stereocenters. The van der Waals surface area contributed by atoms with Crippen LogP contribution in [-0.2, 0) is 20.9 Å². The van der Waals surface area contributed by atoms with Crippen molar-refractivity contribution in [2.24, 2.45) is 11.8 Å². The number of nitrogens with zero attached hydrogens (tertiary/aromatic N) is 3. The first kappa shape index (κ1) is 25.2. The number of aryl methyl sites for hydroxylation is 1. The molecule has 4 saturated carbocycles. The van der Waals surface area contributed by atoms with Gasteiger partial charge in [-0.15, -0.1) is 0 Å². The molecule has 4 aliphatic carbocycles. The van der Waals surface area contributed by atoms with Gasteiger partial charge in [0.2, 0.25) is 5.91 Å². The number of nitrogens with one attached hydrogen (secondary N) is 2. The highest BCUT2D eigenvalue weighted by atomic mass is 32.2. The fraction of sp³-hybridized carbons (Fsp3) is 0.367. The van der Waals surface area contributed by atoms with Gasteiger partial charge in [0.15, 0.2) is 11.6 Å². The molecule has 1 amide bonds. The Balaban J connectivity index is 1.07. The second-order valence-electron chi connectivity index (χ2n) is 11.4. The van der Waals surface area contributed by atoms with Gasteiger partial charge in [0, 0.05) is 27.9 Å². The maximum absolute atomic E-state index is 15.3. The minimum Gasteiger partial charge on any atom is -0.453 e. The third-order valence-electron chi connectivity index (χ3n) is 8.50. The molecule has 2 aromatic carbocycles. The van der Waals surface area contributed by atoms with E-state index >= 15 is 4.39 Å². The molecular weight excluding hydrogens is 529 g/mol. The van der Waals surface area contributed by atoms with E-state index in [1.165, 1.54) is 18.9 Å².